The van der Waals surface area contributed by atoms with Gasteiger partial charge in [0.1, 0.15) is 11.3 Å². The first-order chi connectivity index (χ1) is 11.7. The van der Waals surface area contributed by atoms with Crippen LogP contribution in [0.4, 0.5) is 5.69 Å². The third-order valence-corrected chi connectivity index (χ3v) is 3.86. The van der Waals surface area contributed by atoms with E-state index in [4.69, 9.17) is 4.74 Å². The van der Waals surface area contributed by atoms with E-state index in [2.05, 4.69) is 4.98 Å². The Morgan fingerprint density at radius 3 is 2.58 bits per heavy atom. The molecule has 0 unspecified atom stereocenters. The Labute approximate surface area is 137 Å². The predicted molar refractivity (Wildman–Crippen MR) is 92.4 cm³/mol. The highest BCUT2D eigenvalue weighted by Gasteiger charge is 2.16. The molecule has 5 nitrogen and oxygen atoms in total. The van der Waals surface area contributed by atoms with E-state index in [1.807, 2.05) is 42.5 Å². The third kappa shape index (κ3) is 2.42. The van der Waals surface area contributed by atoms with Crippen LogP contribution < -0.4 is 4.74 Å². The predicted octanol–water partition coefficient (Wildman–Crippen LogP) is 5.09. The SMILES string of the molecule is O=[N+]([O-])c1ccc(Oc2ccc3ccccc3c2)c2ncccc12. The Balaban J connectivity index is 1.81. The third-order valence-electron chi connectivity index (χ3n) is 3.86. The van der Waals surface area contributed by atoms with Crippen LogP contribution in [0.5, 0.6) is 11.5 Å². The zero-order valence-electron chi connectivity index (χ0n) is 12.5. The number of rotatable bonds is 3. The summed E-state index contributed by atoms with van der Waals surface area (Å²) in [6, 6.07) is 20.2. The Hall–Kier alpha value is -3.47. The number of pyridine rings is 1. The lowest BCUT2D eigenvalue weighted by Crippen LogP contribution is -1.93. The molecule has 0 N–H and O–H groups in total. The van der Waals surface area contributed by atoms with E-state index in [-0.39, 0.29) is 5.69 Å². The number of nitro groups is 1. The monoisotopic (exact) mass is 316 g/mol. The second kappa shape index (κ2) is 5.62. The van der Waals surface area contributed by atoms with E-state index >= 15 is 0 Å². The summed E-state index contributed by atoms with van der Waals surface area (Å²) < 4.78 is 5.95. The summed E-state index contributed by atoms with van der Waals surface area (Å²) in [7, 11) is 0. The molecule has 0 amide bonds. The van der Waals surface area contributed by atoms with Crippen molar-refractivity contribution in [3.8, 4) is 11.5 Å². The maximum absolute atomic E-state index is 11.2. The second-order valence-corrected chi connectivity index (χ2v) is 5.35. The minimum Gasteiger partial charge on any atom is -0.455 e. The van der Waals surface area contributed by atoms with Crippen LogP contribution in [0.15, 0.2) is 72.9 Å². The van der Waals surface area contributed by atoms with Crippen molar-refractivity contribution >= 4 is 27.4 Å². The van der Waals surface area contributed by atoms with Crippen molar-refractivity contribution in [1.29, 1.82) is 0 Å². The number of hydrogen-bond donors (Lipinski definition) is 0. The van der Waals surface area contributed by atoms with E-state index < -0.39 is 4.92 Å². The number of nitrogens with zero attached hydrogens (tertiary/aromatic N) is 2. The van der Waals surface area contributed by atoms with Gasteiger partial charge in [0.15, 0.2) is 5.75 Å². The Kier molecular flexibility index (Phi) is 3.31. The van der Waals surface area contributed by atoms with Crippen molar-refractivity contribution in [2.24, 2.45) is 0 Å². The Morgan fingerprint density at radius 1 is 0.917 bits per heavy atom. The fourth-order valence-electron chi connectivity index (χ4n) is 2.73. The Bertz CT molecular complexity index is 1080. The maximum atomic E-state index is 11.2. The van der Waals surface area contributed by atoms with E-state index in [0.29, 0.717) is 22.4 Å². The van der Waals surface area contributed by atoms with Crippen LogP contribution >= 0.6 is 0 Å². The first kappa shape index (κ1) is 14.1. The zero-order valence-corrected chi connectivity index (χ0v) is 12.5. The minimum absolute atomic E-state index is 0.0176. The molecular formula is C19H12N2O3. The maximum Gasteiger partial charge on any atom is 0.279 e. The van der Waals surface area contributed by atoms with Crippen LogP contribution in [0, 0.1) is 10.1 Å². The average molecular weight is 316 g/mol. The molecule has 0 radical (unpaired) electrons. The second-order valence-electron chi connectivity index (χ2n) is 5.35. The van der Waals surface area contributed by atoms with Gasteiger partial charge in [-0.15, -0.1) is 0 Å². The molecule has 0 fully saturated rings. The molecular weight excluding hydrogens is 304 g/mol. The summed E-state index contributed by atoms with van der Waals surface area (Å²) in [5.74, 6) is 1.15. The molecule has 4 aromatic rings. The highest BCUT2D eigenvalue weighted by Crippen LogP contribution is 2.34. The molecule has 0 aliphatic carbocycles. The molecule has 0 aliphatic rings. The smallest absolute Gasteiger partial charge is 0.279 e. The molecule has 116 valence electrons. The lowest BCUT2D eigenvalue weighted by atomic mass is 10.1. The van der Waals surface area contributed by atoms with Crippen LogP contribution in [0.2, 0.25) is 0 Å². The van der Waals surface area contributed by atoms with Gasteiger partial charge in [-0.25, -0.2) is 0 Å². The number of ether oxygens (including phenoxy) is 1. The van der Waals surface area contributed by atoms with Gasteiger partial charge < -0.3 is 4.74 Å². The number of hydrogen-bond acceptors (Lipinski definition) is 4. The molecule has 0 bridgehead atoms. The summed E-state index contributed by atoms with van der Waals surface area (Å²) in [5.41, 5.74) is 0.490. The standard InChI is InChI=1S/C19H12N2O3/c22-21(23)17-9-10-18(19-16(17)6-3-11-20-19)24-15-8-7-13-4-1-2-5-14(13)12-15/h1-12H. The first-order valence-electron chi connectivity index (χ1n) is 7.41. The van der Waals surface area contributed by atoms with Gasteiger partial charge in [0.25, 0.3) is 5.69 Å². The number of nitro benzene ring substituents is 1. The molecule has 0 atom stereocenters. The van der Waals surface area contributed by atoms with Gasteiger partial charge >= 0.3 is 0 Å². The van der Waals surface area contributed by atoms with Gasteiger partial charge in [0.05, 0.1) is 10.3 Å². The van der Waals surface area contributed by atoms with Gasteiger partial charge in [0.2, 0.25) is 0 Å². The summed E-state index contributed by atoms with van der Waals surface area (Å²) in [5, 5.41) is 13.8. The lowest BCUT2D eigenvalue weighted by molar-refractivity contribution is -0.383. The number of aromatic nitrogens is 1. The molecule has 1 aromatic heterocycles. The normalized spacial score (nSPS) is 10.8. The molecule has 0 saturated heterocycles. The van der Waals surface area contributed by atoms with Crippen LogP contribution in [0.25, 0.3) is 21.7 Å². The topological polar surface area (TPSA) is 65.3 Å². The van der Waals surface area contributed by atoms with Crippen LogP contribution in [-0.4, -0.2) is 9.91 Å². The van der Waals surface area contributed by atoms with Crippen LogP contribution in [0.3, 0.4) is 0 Å². The fourth-order valence-corrected chi connectivity index (χ4v) is 2.73. The molecule has 3 aromatic carbocycles. The largest absolute Gasteiger partial charge is 0.455 e. The molecule has 4 rings (SSSR count). The van der Waals surface area contributed by atoms with Crippen LogP contribution in [-0.2, 0) is 0 Å². The number of non-ortho nitro benzene ring substituents is 1. The average Bonchev–Trinajstić information content (AvgIpc) is 2.61. The van der Waals surface area contributed by atoms with E-state index in [0.717, 1.165) is 10.8 Å². The van der Waals surface area contributed by atoms with E-state index in [1.165, 1.54) is 6.07 Å². The summed E-state index contributed by atoms with van der Waals surface area (Å²) in [6.45, 7) is 0. The van der Waals surface area contributed by atoms with Crippen molar-refractivity contribution in [1.82, 2.24) is 4.98 Å². The first-order valence-corrected chi connectivity index (χ1v) is 7.41. The van der Waals surface area contributed by atoms with Crippen molar-refractivity contribution in [3.05, 3.63) is 83.0 Å². The molecule has 0 aliphatic heterocycles. The molecule has 5 heteroatoms. The minimum atomic E-state index is -0.413. The van der Waals surface area contributed by atoms with Gasteiger partial charge in [-0.2, -0.15) is 0 Å². The quantitative estimate of drug-likeness (QED) is 0.390. The summed E-state index contributed by atoms with van der Waals surface area (Å²) in [6.07, 6.45) is 1.60. The summed E-state index contributed by atoms with van der Waals surface area (Å²) in [4.78, 5) is 15.0. The van der Waals surface area contributed by atoms with E-state index in [9.17, 15) is 10.1 Å². The zero-order chi connectivity index (χ0) is 16.5. The van der Waals surface area contributed by atoms with Crippen molar-refractivity contribution < 1.29 is 9.66 Å². The van der Waals surface area contributed by atoms with Gasteiger partial charge in [-0.05, 0) is 41.1 Å². The summed E-state index contributed by atoms with van der Waals surface area (Å²) >= 11 is 0. The molecule has 24 heavy (non-hydrogen) atoms. The van der Waals surface area contributed by atoms with Gasteiger partial charge in [-0.1, -0.05) is 30.3 Å². The molecule has 0 saturated carbocycles. The van der Waals surface area contributed by atoms with Gasteiger partial charge in [0, 0.05) is 12.3 Å². The number of fused-ring (bicyclic) bond motifs is 2. The fraction of sp³-hybridized carbons (Fsp3) is 0. The van der Waals surface area contributed by atoms with Crippen LogP contribution in [0.1, 0.15) is 0 Å². The Morgan fingerprint density at radius 2 is 1.75 bits per heavy atom. The van der Waals surface area contributed by atoms with Gasteiger partial charge in [-0.3, -0.25) is 15.1 Å². The molecule has 0 spiro atoms. The lowest BCUT2D eigenvalue weighted by Gasteiger charge is -2.09. The van der Waals surface area contributed by atoms with Crippen molar-refractivity contribution in [2.75, 3.05) is 0 Å². The molecule has 1 heterocycles. The highest BCUT2D eigenvalue weighted by molar-refractivity contribution is 5.92. The number of benzene rings is 3. The van der Waals surface area contributed by atoms with E-state index in [1.54, 1.807) is 24.4 Å². The van der Waals surface area contributed by atoms with Crippen molar-refractivity contribution in [2.45, 2.75) is 0 Å². The highest BCUT2D eigenvalue weighted by atomic mass is 16.6. The van der Waals surface area contributed by atoms with Crippen molar-refractivity contribution in [3.63, 3.8) is 0 Å².